The number of amides is 1. The Kier molecular flexibility index (Phi) is 5.50. The number of rotatable bonds is 6. The van der Waals surface area contributed by atoms with Gasteiger partial charge in [-0.15, -0.1) is 0 Å². The molecule has 116 valence electrons. The first-order chi connectivity index (χ1) is 10.0. The molecule has 0 radical (unpaired) electrons. The second-order valence-corrected chi connectivity index (χ2v) is 5.34. The SMILES string of the molecule is CN(Cc1ccc(OC(F)F)cc1)C(=O)CC1CCNC1. The van der Waals surface area contributed by atoms with Gasteiger partial charge >= 0.3 is 6.61 Å². The summed E-state index contributed by atoms with van der Waals surface area (Å²) in [6.07, 6.45) is 1.59. The van der Waals surface area contributed by atoms with E-state index in [9.17, 15) is 13.6 Å². The van der Waals surface area contributed by atoms with E-state index >= 15 is 0 Å². The first-order valence-electron chi connectivity index (χ1n) is 7.03. The predicted molar refractivity (Wildman–Crippen MR) is 75.1 cm³/mol. The molecule has 0 aliphatic carbocycles. The third kappa shape index (κ3) is 4.97. The van der Waals surface area contributed by atoms with Crippen LogP contribution in [0.5, 0.6) is 5.75 Å². The van der Waals surface area contributed by atoms with Gasteiger partial charge in [-0.2, -0.15) is 8.78 Å². The number of alkyl halides is 2. The molecule has 1 amide bonds. The third-order valence-corrected chi connectivity index (χ3v) is 3.62. The quantitative estimate of drug-likeness (QED) is 0.876. The maximum Gasteiger partial charge on any atom is 0.387 e. The maximum absolute atomic E-state index is 12.1. The Bertz CT molecular complexity index is 459. The molecule has 0 bridgehead atoms. The Morgan fingerprint density at radius 1 is 1.43 bits per heavy atom. The molecule has 1 unspecified atom stereocenters. The molecule has 1 aliphatic heterocycles. The van der Waals surface area contributed by atoms with Crippen LogP contribution in [-0.4, -0.2) is 37.6 Å². The summed E-state index contributed by atoms with van der Waals surface area (Å²) in [4.78, 5) is 13.8. The molecule has 0 saturated carbocycles. The van der Waals surface area contributed by atoms with E-state index < -0.39 is 6.61 Å². The minimum atomic E-state index is -2.82. The van der Waals surface area contributed by atoms with E-state index in [-0.39, 0.29) is 11.7 Å². The Labute approximate surface area is 123 Å². The van der Waals surface area contributed by atoms with E-state index in [0.717, 1.165) is 25.1 Å². The van der Waals surface area contributed by atoms with Crippen LogP contribution in [0.2, 0.25) is 0 Å². The normalized spacial score (nSPS) is 18.0. The molecule has 1 heterocycles. The monoisotopic (exact) mass is 298 g/mol. The average Bonchev–Trinajstić information content (AvgIpc) is 2.93. The van der Waals surface area contributed by atoms with Crippen LogP contribution in [-0.2, 0) is 11.3 Å². The summed E-state index contributed by atoms with van der Waals surface area (Å²) >= 11 is 0. The van der Waals surface area contributed by atoms with Gasteiger partial charge in [0, 0.05) is 20.0 Å². The Balaban J connectivity index is 1.83. The molecule has 1 aromatic carbocycles. The molecule has 21 heavy (non-hydrogen) atoms. The van der Waals surface area contributed by atoms with Crippen LogP contribution in [0, 0.1) is 5.92 Å². The summed E-state index contributed by atoms with van der Waals surface area (Å²) in [5, 5.41) is 3.24. The number of carbonyl (C=O) groups is 1. The van der Waals surface area contributed by atoms with E-state index in [1.165, 1.54) is 12.1 Å². The summed E-state index contributed by atoms with van der Waals surface area (Å²) in [6, 6.07) is 6.36. The van der Waals surface area contributed by atoms with Gasteiger partial charge in [-0.1, -0.05) is 12.1 Å². The summed E-state index contributed by atoms with van der Waals surface area (Å²) in [7, 11) is 1.76. The predicted octanol–water partition coefficient (Wildman–Crippen LogP) is 2.25. The lowest BCUT2D eigenvalue weighted by Gasteiger charge is -2.19. The molecule has 2 rings (SSSR count). The molecule has 1 N–H and O–H groups in total. The Morgan fingerprint density at radius 2 is 2.14 bits per heavy atom. The number of benzene rings is 1. The summed E-state index contributed by atoms with van der Waals surface area (Å²) < 4.78 is 28.4. The van der Waals surface area contributed by atoms with Crippen LogP contribution in [0.4, 0.5) is 8.78 Å². The minimum absolute atomic E-state index is 0.108. The Hall–Kier alpha value is -1.69. The average molecular weight is 298 g/mol. The van der Waals surface area contributed by atoms with Crippen molar-refractivity contribution in [3.05, 3.63) is 29.8 Å². The number of hydrogen-bond acceptors (Lipinski definition) is 3. The second kappa shape index (κ2) is 7.36. The smallest absolute Gasteiger partial charge is 0.387 e. The van der Waals surface area contributed by atoms with E-state index in [1.54, 1.807) is 24.1 Å². The van der Waals surface area contributed by atoms with Crippen LogP contribution in [0.1, 0.15) is 18.4 Å². The summed E-state index contributed by atoms with van der Waals surface area (Å²) in [5.41, 5.74) is 0.886. The number of nitrogens with zero attached hydrogens (tertiary/aromatic N) is 1. The van der Waals surface area contributed by atoms with Crippen LogP contribution in [0.25, 0.3) is 0 Å². The van der Waals surface area contributed by atoms with Crippen molar-refractivity contribution < 1.29 is 18.3 Å². The van der Waals surface area contributed by atoms with E-state index in [2.05, 4.69) is 10.1 Å². The minimum Gasteiger partial charge on any atom is -0.435 e. The first kappa shape index (κ1) is 15.7. The van der Waals surface area contributed by atoms with Gasteiger partial charge in [-0.05, 0) is 43.1 Å². The molecule has 1 aliphatic rings. The van der Waals surface area contributed by atoms with Gasteiger partial charge in [-0.25, -0.2) is 0 Å². The molecule has 0 aromatic heterocycles. The summed E-state index contributed by atoms with van der Waals surface area (Å²) in [5.74, 6) is 0.651. The van der Waals surface area contributed by atoms with Gasteiger partial charge < -0.3 is 15.0 Å². The van der Waals surface area contributed by atoms with Gasteiger partial charge in [0.2, 0.25) is 5.91 Å². The fraction of sp³-hybridized carbons (Fsp3) is 0.533. The highest BCUT2D eigenvalue weighted by Gasteiger charge is 2.20. The van der Waals surface area contributed by atoms with Gasteiger partial charge in [0.1, 0.15) is 5.75 Å². The van der Waals surface area contributed by atoms with Gasteiger partial charge in [0.05, 0.1) is 0 Å². The molecular formula is C15H20F2N2O2. The number of ether oxygens (including phenoxy) is 1. The van der Waals surface area contributed by atoms with Crippen molar-refractivity contribution in [1.82, 2.24) is 10.2 Å². The van der Waals surface area contributed by atoms with Crippen LogP contribution in [0.3, 0.4) is 0 Å². The van der Waals surface area contributed by atoms with Crippen LogP contribution < -0.4 is 10.1 Å². The van der Waals surface area contributed by atoms with Gasteiger partial charge in [-0.3, -0.25) is 4.79 Å². The fourth-order valence-electron chi connectivity index (χ4n) is 2.43. The lowest BCUT2D eigenvalue weighted by atomic mass is 10.0. The van der Waals surface area contributed by atoms with E-state index in [1.807, 2.05) is 0 Å². The van der Waals surface area contributed by atoms with E-state index in [0.29, 0.717) is 18.9 Å². The Morgan fingerprint density at radius 3 is 2.71 bits per heavy atom. The first-order valence-corrected chi connectivity index (χ1v) is 7.03. The lowest BCUT2D eigenvalue weighted by Crippen LogP contribution is -2.28. The van der Waals surface area contributed by atoms with Gasteiger partial charge in [0.25, 0.3) is 0 Å². The zero-order valence-corrected chi connectivity index (χ0v) is 12.0. The van der Waals surface area contributed by atoms with Crippen molar-refractivity contribution in [2.45, 2.75) is 26.0 Å². The van der Waals surface area contributed by atoms with Crippen molar-refractivity contribution in [3.8, 4) is 5.75 Å². The largest absolute Gasteiger partial charge is 0.435 e. The molecule has 1 fully saturated rings. The van der Waals surface area contributed by atoms with Gasteiger partial charge in [0.15, 0.2) is 0 Å². The zero-order chi connectivity index (χ0) is 15.2. The van der Waals surface area contributed by atoms with Crippen molar-refractivity contribution in [2.75, 3.05) is 20.1 Å². The number of halogens is 2. The lowest BCUT2D eigenvalue weighted by molar-refractivity contribution is -0.131. The highest BCUT2D eigenvalue weighted by molar-refractivity contribution is 5.76. The molecular weight excluding hydrogens is 278 g/mol. The molecule has 1 atom stereocenters. The van der Waals surface area contributed by atoms with Crippen molar-refractivity contribution in [3.63, 3.8) is 0 Å². The second-order valence-electron chi connectivity index (χ2n) is 5.34. The van der Waals surface area contributed by atoms with Crippen molar-refractivity contribution in [1.29, 1.82) is 0 Å². The fourth-order valence-corrected chi connectivity index (χ4v) is 2.43. The number of hydrogen-bond donors (Lipinski definition) is 1. The van der Waals surface area contributed by atoms with Crippen molar-refractivity contribution in [2.24, 2.45) is 5.92 Å². The van der Waals surface area contributed by atoms with E-state index in [4.69, 9.17) is 0 Å². The standard InChI is InChI=1S/C15H20F2N2O2/c1-19(14(20)8-12-6-7-18-9-12)10-11-2-4-13(5-3-11)21-15(16)17/h2-5,12,15,18H,6-10H2,1H3. The number of nitrogens with one attached hydrogen (secondary N) is 1. The molecule has 6 heteroatoms. The molecule has 1 aromatic rings. The molecule has 1 saturated heterocycles. The molecule has 4 nitrogen and oxygen atoms in total. The topological polar surface area (TPSA) is 41.6 Å². The highest BCUT2D eigenvalue weighted by Crippen LogP contribution is 2.17. The zero-order valence-electron chi connectivity index (χ0n) is 12.0. The molecule has 0 spiro atoms. The number of carbonyl (C=O) groups excluding carboxylic acids is 1. The third-order valence-electron chi connectivity index (χ3n) is 3.62. The van der Waals surface area contributed by atoms with Crippen LogP contribution >= 0.6 is 0 Å². The highest BCUT2D eigenvalue weighted by atomic mass is 19.3. The summed E-state index contributed by atoms with van der Waals surface area (Å²) in [6.45, 7) is -0.472. The maximum atomic E-state index is 12.1. The van der Waals surface area contributed by atoms with Crippen molar-refractivity contribution >= 4 is 5.91 Å². The van der Waals surface area contributed by atoms with Crippen LogP contribution in [0.15, 0.2) is 24.3 Å².